The SMILES string of the molecule is Cc1ccc(-c2ccccc2OCCCO)nc1. The van der Waals surface area contributed by atoms with Crippen molar-refractivity contribution in [2.24, 2.45) is 0 Å². The van der Waals surface area contributed by atoms with Crippen molar-refractivity contribution in [3.05, 3.63) is 48.2 Å². The van der Waals surface area contributed by atoms with E-state index < -0.39 is 0 Å². The topological polar surface area (TPSA) is 42.4 Å². The minimum Gasteiger partial charge on any atom is -0.493 e. The number of pyridine rings is 1. The minimum atomic E-state index is 0.144. The Morgan fingerprint density at radius 1 is 1.17 bits per heavy atom. The van der Waals surface area contributed by atoms with E-state index in [0.29, 0.717) is 13.0 Å². The summed E-state index contributed by atoms with van der Waals surface area (Å²) in [4.78, 5) is 4.41. The molecule has 0 atom stereocenters. The highest BCUT2D eigenvalue weighted by molar-refractivity contribution is 5.66. The average molecular weight is 243 g/mol. The maximum absolute atomic E-state index is 8.77. The van der Waals surface area contributed by atoms with E-state index in [9.17, 15) is 0 Å². The molecule has 3 nitrogen and oxygen atoms in total. The van der Waals surface area contributed by atoms with E-state index in [1.54, 1.807) is 0 Å². The van der Waals surface area contributed by atoms with Gasteiger partial charge in [-0.15, -0.1) is 0 Å². The van der Waals surface area contributed by atoms with E-state index in [1.165, 1.54) is 0 Å². The normalized spacial score (nSPS) is 10.3. The van der Waals surface area contributed by atoms with Crippen molar-refractivity contribution in [3.63, 3.8) is 0 Å². The van der Waals surface area contributed by atoms with Crippen LogP contribution in [0, 0.1) is 6.92 Å². The van der Waals surface area contributed by atoms with Crippen LogP contribution >= 0.6 is 0 Å². The van der Waals surface area contributed by atoms with Gasteiger partial charge in [0.1, 0.15) is 5.75 Å². The molecule has 0 fully saturated rings. The van der Waals surface area contributed by atoms with Gasteiger partial charge in [0.2, 0.25) is 0 Å². The first kappa shape index (κ1) is 12.6. The maximum atomic E-state index is 8.77. The van der Waals surface area contributed by atoms with Crippen molar-refractivity contribution in [2.45, 2.75) is 13.3 Å². The lowest BCUT2D eigenvalue weighted by Gasteiger charge is -2.10. The number of aliphatic hydroxyl groups is 1. The van der Waals surface area contributed by atoms with E-state index in [2.05, 4.69) is 4.98 Å². The molecule has 0 amide bonds. The Labute approximate surface area is 107 Å². The third kappa shape index (κ3) is 3.08. The molecule has 0 saturated carbocycles. The van der Waals surface area contributed by atoms with Crippen molar-refractivity contribution in [3.8, 4) is 17.0 Å². The monoisotopic (exact) mass is 243 g/mol. The second-order valence-electron chi connectivity index (χ2n) is 4.14. The number of ether oxygens (including phenoxy) is 1. The number of aromatic nitrogens is 1. The fourth-order valence-corrected chi connectivity index (χ4v) is 1.68. The first-order chi connectivity index (χ1) is 8.81. The Hall–Kier alpha value is -1.87. The van der Waals surface area contributed by atoms with Crippen LogP contribution in [0.3, 0.4) is 0 Å². The Bertz CT molecular complexity index is 494. The summed E-state index contributed by atoms with van der Waals surface area (Å²) in [6.07, 6.45) is 2.48. The average Bonchev–Trinajstić information content (AvgIpc) is 2.41. The van der Waals surface area contributed by atoms with Crippen molar-refractivity contribution < 1.29 is 9.84 Å². The lowest BCUT2D eigenvalue weighted by atomic mass is 10.1. The fraction of sp³-hybridized carbons (Fsp3) is 0.267. The van der Waals surface area contributed by atoms with Gasteiger partial charge in [-0.1, -0.05) is 18.2 Å². The number of nitrogens with zero attached hydrogens (tertiary/aromatic N) is 1. The van der Waals surface area contributed by atoms with Crippen LogP contribution in [0.25, 0.3) is 11.3 Å². The van der Waals surface area contributed by atoms with E-state index in [4.69, 9.17) is 9.84 Å². The second-order valence-corrected chi connectivity index (χ2v) is 4.14. The minimum absolute atomic E-state index is 0.144. The molecular formula is C15H17NO2. The molecule has 0 aliphatic rings. The predicted octanol–water partition coefficient (Wildman–Crippen LogP) is 2.82. The van der Waals surface area contributed by atoms with Gasteiger partial charge in [0.15, 0.2) is 0 Å². The van der Waals surface area contributed by atoms with Crippen molar-refractivity contribution >= 4 is 0 Å². The second kappa shape index (κ2) is 6.17. The molecule has 1 heterocycles. The van der Waals surface area contributed by atoms with Gasteiger partial charge in [-0.2, -0.15) is 0 Å². The van der Waals surface area contributed by atoms with Crippen LogP contribution < -0.4 is 4.74 Å². The summed E-state index contributed by atoms with van der Waals surface area (Å²) in [5.41, 5.74) is 3.02. The first-order valence-electron chi connectivity index (χ1n) is 6.07. The summed E-state index contributed by atoms with van der Waals surface area (Å²) in [7, 11) is 0. The Kier molecular flexibility index (Phi) is 4.31. The van der Waals surface area contributed by atoms with Gasteiger partial charge in [0.05, 0.1) is 12.3 Å². The fourth-order valence-electron chi connectivity index (χ4n) is 1.68. The number of aliphatic hydroxyl groups excluding tert-OH is 1. The van der Waals surface area contributed by atoms with Crippen molar-refractivity contribution in [1.29, 1.82) is 0 Å². The van der Waals surface area contributed by atoms with Crippen molar-refractivity contribution in [2.75, 3.05) is 13.2 Å². The Morgan fingerprint density at radius 3 is 2.72 bits per heavy atom. The highest BCUT2D eigenvalue weighted by Gasteiger charge is 2.06. The largest absolute Gasteiger partial charge is 0.493 e. The summed E-state index contributed by atoms with van der Waals surface area (Å²) >= 11 is 0. The molecule has 0 saturated heterocycles. The third-order valence-electron chi connectivity index (χ3n) is 2.63. The van der Waals surface area contributed by atoms with Gasteiger partial charge >= 0.3 is 0 Å². The number of hydrogen-bond acceptors (Lipinski definition) is 3. The van der Waals surface area contributed by atoms with Gasteiger partial charge in [-0.3, -0.25) is 4.98 Å². The highest BCUT2D eigenvalue weighted by Crippen LogP contribution is 2.28. The summed E-state index contributed by atoms with van der Waals surface area (Å²) in [5.74, 6) is 0.808. The highest BCUT2D eigenvalue weighted by atomic mass is 16.5. The lowest BCUT2D eigenvalue weighted by molar-refractivity contribution is 0.234. The Balaban J connectivity index is 2.23. The smallest absolute Gasteiger partial charge is 0.128 e. The molecule has 0 spiro atoms. The van der Waals surface area contributed by atoms with Crippen LogP contribution in [0.2, 0.25) is 0 Å². The quantitative estimate of drug-likeness (QED) is 0.821. The summed E-state index contributed by atoms with van der Waals surface area (Å²) in [6, 6.07) is 11.8. The van der Waals surface area contributed by atoms with Gasteiger partial charge in [0, 0.05) is 24.8 Å². The van der Waals surface area contributed by atoms with E-state index in [-0.39, 0.29) is 6.61 Å². The molecule has 0 unspecified atom stereocenters. The molecule has 1 aromatic carbocycles. The predicted molar refractivity (Wildman–Crippen MR) is 71.6 cm³/mol. The zero-order chi connectivity index (χ0) is 12.8. The summed E-state index contributed by atoms with van der Waals surface area (Å²) < 4.78 is 5.66. The maximum Gasteiger partial charge on any atom is 0.128 e. The Morgan fingerprint density at radius 2 is 2.00 bits per heavy atom. The molecule has 3 heteroatoms. The summed E-state index contributed by atoms with van der Waals surface area (Å²) in [5, 5.41) is 8.77. The van der Waals surface area contributed by atoms with Gasteiger partial charge < -0.3 is 9.84 Å². The van der Waals surface area contributed by atoms with Crippen LogP contribution in [0.5, 0.6) is 5.75 Å². The molecule has 1 aromatic heterocycles. The molecule has 0 radical (unpaired) electrons. The number of aryl methyl sites for hydroxylation is 1. The number of hydrogen-bond donors (Lipinski definition) is 1. The molecule has 18 heavy (non-hydrogen) atoms. The van der Waals surface area contributed by atoms with Crippen LogP contribution in [0.1, 0.15) is 12.0 Å². The zero-order valence-corrected chi connectivity index (χ0v) is 10.5. The number of para-hydroxylation sites is 1. The molecule has 0 aliphatic carbocycles. The van der Waals surface area contributed by atoms with Crippen LogP contribution in [0.15, 0.2) is 42.6 Å². The van der Waals surface area contributed by atoms with E-state index >= 15 is 0 Å². The molecule has 0 aliphatic heterocycles. The molecule has 2 aromatic rings. The lowest BCUT2D eigenvalue weighted by Crippen LogP contribution is -2.01. The summed E-state index contributed by atoms with van der Waals surface area (Å²) in [6.45, 7) is 2.67. The van der Waals surface area contributed by atoms with Crippen LogP contribution in [0.4, 0.5) is 0 Å². The first-order valence-corrected chi connectivity index (χ1v) is 6.07. The molecule has 2 rings (SSSR count). The standard InChI is InChI=1S/C15H17NO2/c1-12-7-8-14(16-11-12)13-5-2-3-6-15(13)18-10-4-9-17/h2-3,5-8,11,17H,4,9-10H2,1H3. The molecular weight excluding hydrogens is 226 g/mol. The van der Waals surface area contributed by atoms with Gasteiger partial charge in [-0.25, -0.2) is 0 Å². The molecule has 0 bridgehead atoms. The molecule has 1 N–H and O–H groups in total. The van der Waals surface area contributed by atoms with Gasteiger partial charge in [0.25, 0.3) is 0 Å². The van der Waals surface area contributed by atoms with E-state index in [0.717, 1.165) is 22.6 Å². The number of rotatable bonds is 5. The van der Waals surface area contributed by atoms with Crippen LogP contribution in [-0.4, -0.2) is 23.3 Å². The van der Waals surface area contributed by atoms with Gasteiger partial charge in [-0.05, 0) is 30.7 Å². The van der Waals surface area contributed by atoms with Crippen LogP contribution in [-0.2, 0) is 0 Å². The number of benzene rings is 1. The zero-order valence-electron chi connectivity index (χ0n) is 10.5. The van der Waals surface area contributed by atoms with Crippen molar-refractivity contribution in [1.82, 2.24) is 4.98 Å². The third-order valence-corrected chi connectivity index (χ3v) is 2.63. The van der Waals surface area contributed by atoms with E-state index in [1.807, 2.05) is 49.5 Å². The molecule has 94 valence electrons.